The lowest BCUT2D eigenvalue weighted by molar-refractivity contribution is -0.115. The molecule has 6 heteroatoms. The first-order valence-electron chi connectivity index (χ1n) is 8.91. The number of hydrogen-bond donors (Lipinski definition) is 2. The molecule has 2 aromatic heterocycles. The van der Waals surface area contributed by atoms with E-state index in [0.29, 0.717) is 6.42 Å². The lowest BCUT2D eigenvalue weighted by Gasteiger charge is -2.06. The molecular formula is C21H18N4OS. The number of aromatic amines is 1. The lowest BCUT2D eigenvalue weighted by Crippen LogP contribution is -2.14. The van der Waals surface area contributed by atoms with E-state index < -0.39 is 0 Å². The van der Waals surface area contributed by atoms with E-state index in [1.54, 1.807) is 11.8 Å². The normalized spacial score (nSPS) is 13.0. The molecule has 3 heterocycles. The number of fused-ring (bicyclic) bond motifs is 2. The number of thioether (sulfide) groups is 1. The third kappa shape index (κ3) is 3.13. The number of aromatic nitrogens is 3. The van der Waals surface area contributed by atoms with Gasteiger partial charge in [0, 0.05) is 46.8 Å². The van der Waals surface area contributed by atoms with Gasteiger partial charge in [0.25, 0.3) is 0 Å². The highest BCUT2D eigenvalue weighted by Crippen LogP contribution is 2.29. The number of aryl methyl sites for hydroxylation is 1. The quantitative estimate of drug-likeness (QED) is 0.559. The number of rotatable bonds is 4. The summed E-state index contributed by atoms with van der Waals surface area (Å²) in [6.07, 6.45) is 4.35. The Hall–Kier alpha value is -2.99. The number of carbonyl (C=O) groups is 1. The zero-order valence-electron chi connectivity index (χ0n) is 14.6. The SMILES string of the molecule is O=C(Cc1c[nH]c2ccccc12)Nc1ccc(-c2cn3c(n2)SCC3)cc1. The van der Waals surface area contributed by atoms with Gasteiger partial charge in [-0.3, -0.25) is 4.79 Å². The average Bonchev–Trinajstić information content (AvgIpc) is 3.38. The van der Waals surface area contributed by atoms with E-state index in [-0.39, 0.29) is 5.91 Å². The van der Waals surface area contributed by atoms with Gasteiger partial charge >= 0.3 is 0 Å². The third-order valence-electron chi connectivity index (χ3n) is 4.79. The molecule has 2 aromatic carbocycles. The molecule has 0 unspecified atom stereocenters. The summed E-state index contributed by atoms with van der Waals surface area (Å²) in [6.45, 7) is 1.02. The van der Waals surface area contributed by atoms with Crippen molar-refractivity contribution in [3.05, 3.63) is 66.5 Å². The first-order valence-corrected chi connectivity index (χ1v) is 9.90. The molecule has 0 saturated carbocycles. The van der Waals surface area contributed by atoms with Crippen molar-refractivity contribution in [3.8, 4) is 11.3 Å². The fourth-order valence-electron chi connectivity index (χ4n) is 3.43. The van der Waals surface area contributed by atoms with Gasteiger partial charge in [-0.25, -0.2) is 4.98 Å². The van der Waals surface area contributed by atoms with Crippen LogP contribution in [0.3, 0.4) is 0 Å². The molecule has 0 saturated heterocycles. The molecule has 5 rings (SSSR count). The molecule has 134 valence electrons. The Morgan fingerprint density at radius 3 is 2.89 bits per heavy atom. The van der Waals surface area contributed by atoms with Crippen molar-refractivity contribution in [2.75, 3.05) is 11.1 Å². The number of amides is 1. The van der Waals surface area contributed by atoms with Crippen LogP contribution in [0.15, 0.2) is 66.1 Å². The molecule has 0 atom stereocenters. The van der Waals surface area contributed by atoms with Gasteiger partial charge in [-0.2, -0.15) is 0 Å². The maximum atomic E-state index is 12.4. The standard InChI is InChI=1S/C21H18N4OS/c26-20(11-15-12-22-18-4-2-1-3-17(15)18)23-16-7-5-14(6-8-16)19-13-25-9-10-27-21(25)24-19/h1-8,12-13,22H,9-11H2,(H,23,26). The van der Waals surface area contributed by atoms with Gasteiger partial charge in [0.05, 0.1) is 12.1 Å². The maximum Gasteiger partial charge on any atom is 0.228 e. The summed E-state index contributed by atoms with van der Waals surface area (Å²) < 4.78 is 2.19. The second-order valence-corrected chi connectivity index (χ2v) is 7.67. The predicted octanol–water partition coefficient (Wildman–Crippen LogP) is 4.32. The molecule has 0 radical (unpaired) electrons. The predicted molar refractivity (Wildman–Crippen MR) is 109 cm³/mol. The Morgan fingerprint density at radius 1 is 1.19 bits per heavy atom. The smallest absolute Gasteiger partial charge is 0.228 e. The first-order chi connectivity index (χ1) is 13.3. The van der Waals surface area contributed by atoms with Crippen molar-refractivity contribution in [1.29, 1.82) is 0 Å². The summed E-state index contributed by atoms with van der Waals surface area (Å²) >= 11 is 1.79. The average molecular weight is 374 g/mol. The van der Waals surface area contributed by atoms with E-state index >= 15 is 0 Å². The van der Waals surface area contributed by atoms with E-state index in [9.17, 15) is 4.79 Å². The highest BCUT2D eigenvalue weighted by Gasteiger charge is 2.15. The third-order valence-corrected chi connectivity index (χ3v) is 5.76. The molecule has 0 aliphatic carbocycles. The zero-order valence-corrected chi connectivity index (χ0v) is 15.4. The number of imidazole rings is 1. The highest BCUT2D eigenvalue weighted by atomic mass is 32.2. The zero-order chi connectivity index (χ0) is 18.2. The van der Waals surface area contributed by atoms with E-state index in [1.807, 2.05) is 54.7 Å². The second kappa shape index (κ2) is 6.63. The molecule has 2 N–H and O–H groups in total. The van der Waals surface area contributed by atoms with Crippen LogP contribution in [0.4, 0.5) is 5.69 Å². The number of para-hydroxylation sites is 1. The van der Waals surface area contributed by atoms with Crippen LogP contribution in [-0.2, 0) is 17.8 Å². The summed E-state index contributed by atoms with van der Waals surface area (Å²) in [4.78, 5) is 20.3. The molecule has 27 heavy (non-hydrogen) atoms. The number of nitrogens with one attached hydrogen (secondary N) is 2. The second-order valence-electron chi connectivity index (χ2n) is 6.61. The van der Waals surface area contributed by atoms with E-state index in [1.165, 1.54) is 0 Å². The van der Waals surface area contributed by atoms with Crippen LogP contribution in [-0.4, -0.2) is 26.2 Å². The minimum atomic E-state index is -0.0233. The van der Waals surface area contributed by atoms with Crippen molar-refractivity contribution in [1.82, 2.24) is 14.5 Å². The Kier molecular flexibility index (Phi) is 3.98. The Morgan fingerprint density at radius 2 is 2.04 bits per heavy atom. The van der Waals surface area contributed by atoms with E-state index in [4.69, 9.17) is 0 Å². The van der Waals surface area contributed by atoms with E-state index in [2.05, 4.69) is 26.0 Å². The summed E-state index contributed by atoms with van der Waals surface area (Å²) in [6, 6.07) is 15.9. The van der Waals surface area contributed by atoms with Gasteiger partial charge in [0.1, 0.15) is 0 Å². The maximum absolute atomic E-state index is 12.4. The fourth-order valence-corrected chi connectivity index (χ4v) is 4.37. The number of nitrogens with zero attached hydrogens (tertiary/aromatic N) is 2. The minimum absolute atomic E-state index is 0.0233. The summed E-state index contributed by atoms with van der Waals surface area (Å²) in [5.74, 6) is 1.08. The van der Waals surface area contributed by atoms with Crippen molar-refractivity contribution in [3.63, 3.8) is 0 Å². The van der Waals surface area contributed by atoms with Gasteiger partial charge < -0.3 is 14.9 Å². The van der Waals surface area contributed by atoms with Gasteiger partial charge in [0.2, 0.25) is 5.91 Å². The molecule has 4 aromatic rings. The lowest BCUT2D eigenvalue weighted by atomic mass is 10.1. The van der Waals surface area contributed by atoms with Crippen molar-refractivity contribution in [2.24, 2.45) is 0 Å². The van der Waals surface area contributed by atoms with Gasteiger partial charge in [0.15, 0.2) is 5.16 Å². The molecule has 0 bridgehead atoms. The Bertz CT molecular complexity index is 1110. The van der Waals surface area contributed by atoms with Crippen LogP contribution < -0.4 is 5.32 Å². The van der Waals surface area contributed by atoms with Crippen molar-refractivity contribution >= 4 is 34.3 Å². The topological polar surface area (TPSA) is 62.7 Å². The molecule has 5 nitrogen and oxygen atoms in total. The molecule has 1 amide bonds. The van der Waals surface area contributed by atoms with Crippen molar-refractivity contribution in [2.45, 2.75) is 18.1 Å². The molecule has 0 spiro atoms. The van der Waals surface area contributed by atoms with Gasteiger partial charge in [-0.05, 0) is 23.8 Å². The van der Waals surface area contributed by atoms with Crippen LogP contribution >= 0.6 is 11.8 Å². The molecule has 1 aliphatic heterocycles. The van der Waals surface area contributed by atoms with Gasteiger partial charge in [-0.1, -0.05) is 42.1 Å². The Balaban J connectivity index is 1.28. The van der Waals surface area contributed by atoms with Crippen LogP contribution in [0.2, 0.25) is 0 Å². The molecular weight excluding hydrogens is 356 g/mol. The van der Waals surface area contributed by atoms with Crippen LogP contribution in [0, 0.1) is 0 Å². The highest BCUT2D eigenvalue weighted by molar-refractivity contribution is 7.99. The van der Waals surface area contributed by atoms with E-state index in [0.717, 1.165) is 50.9 Å². The van der Waals surface area contributed by atoms with Crippen LogP contribution in [0.25, 0.3) is 22.2 Å². The minimum Gasteiger partial charge on any atom is -0.361 e. The number of hydrogen-bond acceptors (Lipinski definition) is 3. The molecule has 1 aliphatic rings. The largest absolute Gasteiger partial charge is 0.361 e. The number of anilines is 1. The van der Waals surface area contributed by atoms with Crippen LogP contribution in [0.5, 0.6) is 0 Å². The van der Waals surface area contributed by atoms with Crippen LogP contribution in [0.1, 0.15) is 5.56 Å². The van der Waals surface area contributed by atoms with Gasteiger partial charge in [-0.15, -0.1) is 0 Å². The number of carbonyl (C=O) groups excluding carboxylic acids is 1. The first kappa shape index (κ1) is 16.2. The number of H-pyrrole nitrogens is 1. The number of benzene rings is 2. The van der Waals surface area contributed by atoms with Crippen molar-refractivity contribution < 1.29 is 4.79 Å². The summed E-state index contributed by atoms with van der Waals surface area (Å²) in [7, 11) is 0. The fraction of sp³-hybridized carbons (Fsp3) is 0.143. The monoisotopic (exact) mass is 374 g/mol. The summed E-state index contributed by atoms with van der Waals surface area (Å²) in [5.41, 5.74) is 4.89. The Labute approximate surface area is 160 Å². The molecule has 0 fully saturated rings. The summed E-state index contributed by atoms with van der Waals surface area (Å²) in [5, 5.41) is 5.16.